The van der Waals surface area contributed by atoms with Crippen molar-refractivity contribution in [3.05, 3.63) is 23.8 Å². The van der Waals surface area contributed by atoms with Crippen molar-refractivity contribution in [3.8, 4) is 5.75 Å². The summed E-state index contributed by atoms with van der Waals surface area (Å²) in [5.41, 5.74) is 1.33. The van der Waals surface area contributed by atoms with Crippen LogP contribution in [-0.2, 0) is 9.84 Å². The molecule has 0 bridgehead atoms. The van der Waals surface area contributed by atoms with E-state index >= 15 is 0 Å². The second kappa shape index (κ2) is 5.68. The van der Waals surface area contributed by atoms with Crippen LogP contribution < -0.4 is 9.64 Å². The normalized spacial score (nSPS) is 25.6. The van der Waals surface area contributed by atoms with Crippen molar-refractivity contribution in [2.45, 2.75) is 12.1 Å². The van der Waals surface area contributed by atoms with Crippen LogP contribution in [-0.4, -0.2) is 75.2 Å². The van der Waals surface area contributed by atoms with Crippen molar-refractivity contribution >= 4 is 21.4 Å². The molecule has 1 amide bonds. The molecular weight excluding hydrogens is 320 g/mol. The summed E-state index contributed by atoms with van der Waals surface area (Å²) in [5, 5.41) is 9.91. The second-order valence-corrected chi connectivity index (χ2v) is 8.23. The lowest BCUT2D eigenvalue weighted by Crippen LogP contribution is -2.44. The van der Waals surface area contributed by atoms with Crippen LogP contribution in [0.3, 0.4) is 0 Å². The van der Waals surface area contributed by atoms with E-state index in [0.29, 0.717) is 17.9 Å². The Morgan fingerprint density at radius 2 is 2.13 bits per heavy atom. The number of hydrogen-bond acceptors (Lipinski definition) is 6. The topological polar surface area (TPSA) is 87.2 Å². The molecule has 3 rings (SSSR count). The minimum Gasteiger partial charge on any atom is -0.490 e. The first-order chi connectivity index (χ1) is 10.8. The molecule has 1 saturated heterocycles. The first-order valence-corrected chi connectivity index (χ1v) is 9.24. The Labute approximate surface area is 135 Å². The zero-order valence-corrected chi connectivity index (χ0v) is 13.9. The summed E-state index contributed by atoms with van der Waals surface area (Å²) in [6.07, 6.45) is -1.05. The highest BCUT2D eigenvalue weighted by molar-refractivity contribution is 7.91. The Morgan fingerprint density at radius 3 is 2.78 bits per heavy atom. The zero-order chi connectivity index (χ0) is 16.8. The summed E-state index contributed by atoms with van der Waals surface area (Å²) in [6.45, 7) is 1.34. The number of ether oxygens (including phenoxy) is 1. The van der Waals surface area contributed by atoms with Gasteiger partial charge < -0.3 is 19.6 Å². The van der Waals surface area contributed by atoms with E-state index in [9.17, 15) is 18.3 Å². The molecule has 1 aromatic rings. The number of hydrogen-bond donors (Lipinski definition) is 1. The number of rotatable bonds is 2. The predicted octanol–water partition coefficient (Wildman–Crippen LogP) is -0.255. The monoisotopic (exact) mass is 340 g/mol. The minimum absolute atomic E-state index is 0.208. The Balaban J connectivity index is 1.83. The van der Waals surface area contributed by atoms with E-state index in [0.717, 1.165) is 12.2 Å². The number of sulfone groups is 1. The molecule has 0 spiro atoms. The molecular formula is C15H20N2O5S. The Morgan fingerprint density at radius 1 is 1.39 bits per heavy atom. The number of carbonyl (C=O) groups is 1. The predicted molar refractivity (Wildman–Crippen MR) is 85.7 cm³/mol. The molecule has 8 heteroatoms. The quantitative estimate of drug-likeness (QED) is 0.799. The maximum absolute atomic E-state index is 12.6. The van der Waals surface area contributed by atoms with Gasteiger partial charge in [0.25, 0.3) is 5.91 Å². The fourth-order valence-corrected chi connectivity index (χ4v) is 4.87. The first kappa shape index (κ1) is 16.1. The maximum atomic E-state index is 12.6. The number of anilines is 1. The minimum atomic E-state index is -3.30. The van der Waals surface area contributed by atoms with E-state index in [-0.39, 0.29) is 17.4 Å². The lowest BCUT2D eigenvalue weighted by molar-refractivity contribution is 0.0581. The first-order valence-electron chi connectivity index (χ1n) is 7.42. The Bertz CT molecular complexity index is 733. The van der Waals surface area contributed by atoms with Gasteiger partial charge in [0.05, 0.1) is 35.9 Å². The van der Waals surface area contributed by atoms with Crippen LogP contribution in [0.2, 0.25) is 0 Å². The van der Waals surface area contributed by atoms with Gasteiger partial charge in [0.1, 0.15) is 12.4 Å². The highest BCUT2D eigenvalue weighted by atomic mass is 32.2. The fourth-order valence-electron chi connectivity index (χ4n) is 3.03. The maximum Gasteiger partial charge on any atom is 0.254 e. The summed E-state index contributed by atoms with van der Waals surface area (Å²) in [6, 6.07) is 4.46. The van der Waals surface area contributed by atoms with Crippen LogP contribution in [0.25, 0.3) is 0 Å². The van der Waals surface area contributed by atoms with Crippen molar-refractivity contribution in [1.29, 1.82) is 0 Å². The third-order valence-electron chi connectivity index (χ3n) is 4.41. The second-order valence-electron chi connectivity index (χ2n) is 6.08. The summed E-state index contributed by atoms with van der Waals surface area (Å²) >= 11 is 0. The van der Waals surface area contributed by atoms with Gasteiger partial charge in [0.2, 0.25) is 0 Å². The fraction of sp³-hybridized carbons (Fsp3) is 0.533. The molecule has 7 nitrogen and oxygen atoms in total. The molecule has 0 radical (unpaired) electrons. The van der Waals surface area contributed by atoms with Gasteiger partial charge in [-0.15, -0.1) is 0 Å². The van der Waals surface area contributed by atoms with Crippen molar-refractivity contribution in [3.63, 3.8) is 0 Å². The highest BCUT2D eigenvalue weighted by Crippen LogP contribution is 2.32. The van der Waals surface area contributed by atoms with Gasteiger partial charge in [-0.1, -0.05) is 0 Å². The standard InChI is InChI=1S/C15H20N2O5S/c1-16-5-6-22-14-7-10(3-4-11(14)16)15(19)17(2)12-8-23(20,21)9-13(12)18/h3-4,7,12-13,18H,5-6,8-9H2,1-2H3/t12-,13-/m0/s1. The van der Waals surface area contributed by atoms with Crippen LogP contribution >= 0.6 is 0 Å². The SMILES string of the molecule is CN1CCOc2cc(C(=O)N(C)[C@H]3CS(=O)(=O)C[C@@H]3O)ccc21. The van der Waals surface area contributed by atoms with Gasteiger partial charge >= 0.3 is 0 Å². The van der Waals surface area contributed by atoms with Crippen LogP contribution in [0, 0.1) is 0 Å². The van der Waals surface area contributed by atoms with E-state index in [1.165, 1.54) is 11.9 Å². The number of fused-ring (bicyclic) bond motifs is 1. The number of amides is 1. The molecule has 126 valence electrons. The number of aliphatic hydroxyl groups excluding tert-OH is 1. The third kappa shape index (κ3) is 3.00. The van der Waals surface area contributed by atoms with E-state index < -0.39 is 22.0 Å². The molecule has 23 heavy (non-hydrogen) atoms. The summed E-state index contributed by atoms with van der Waals surface area (Å²) in [4.78, 5) is 16.0. The van der Waals surface area contributed by atoms with Gasteiger partial charge in [-0.05, 0) is 18.2 Å². The Kier molecular flexibility index (Phi) is 3.97. The molecule has 1 aromatic carbocycles. The number of nitrogens with zero attached hydrogens (tertiary/aromatic N) is 2. The van der Waals surface area contributed by atoms with Crippen LogP contribution in [0.1, 0.15) is 10.4 Å². The number of likely N-dealkylation sites (N-methyl/N-ethyl adjacent to an activating group) is 2. The lowest BCUT2D eigenvalue weighted by atomic mass is 10.1. The summed E-state index contributed by atoms with van der Waals surface area (Å²) in [7, 11) is 0.168. The van der Waals surface area contributed by atoms with Crippen molar-refractivity contribution < 1.29 is 23.1 Å². The highest BCUT2D eigenvalue weighted by Gasteiger charge is 2.40. The van der Waals surface area contributed by atoms with Gasteiger partial charge in [0.15, 0.2) is 9.84 Å². The molecule has 1 N–H and O–H groups in total. The van der Waals surface area contributed by atoms with Gasteiger partial charge in [-0.25, -0.2) is 8.42 Å². The molecule has 2 aliphatic rings. The molecule has 2 heterocycles. The van der Waals surface area contributed by atoms with Gasteiger partial charge in [0, 0.05) is 19.7 Å². The molecule has 0 saturated carbocycles. The number of carbonyl (C=O) groups excluding carboxylic acids is 1. The lowest BCUT2D eigenvalue weighted by Gasteiger charge is -2.29. The molecule has 0 unspecified atom stereocenters. The van der Waals surface area contributed by atoms with Gasteiger partial charge in [-0.2, -0.15) is 0 Å². The molecule has 2 atom stereocenters. The van der Waals surface area contributed by atoms with E-state index in [4.69, 9.17) is 4.74 Å². The summed E-state index contributed by atoms with van der Waals surface area (Å²) < 4.78 is 28.8. The molecule has 1 fully saturated rings. The molecule has 0 aliphatic carbocycles. The van der Waals surface area contributed by atoms with Crippen molar-refractivity contribution in [2.75, 3.05) is 43.7 Å². The average Bonchev–Trinajstić information content (AvgIpc) is 2.78. The van der Waals surface area contributed by atoms with E-state index in [1.807, 2.05) is 18.0 Å². The summed E-state index contributed by atoms with van der Waals surface area (Å²) in [5.74, 6) is -0.197. The zero-order valence-electron chi connectivity index (χ0n) is 13.1. The van der Waals surface area contributed by atoms with Crippen LogP contribution in [0.5, 0.6) is 5.75 Å². The Hall–Kier alpha value is -1.80. The number of benzene rings is 1. The third-order valence-corrected chi connectivity index (χ3v) is 6.11. The van der Waals surface area contributed by atoms with Crippen molar-refractivity contribution in [1.82, 2.24) is 4.90 Å². The van der Waals surface area contributed by atoms with Gasteiger partial charge in [-0.3, -0.25) is 4.79 Å². The molecule has 0 aromatic heterocycles. The van der Waals surface area contributed by atoms with Crippen molar-refractivity contribution in [2.24, 2.45) is 0 Å². The van der Waals surface area contributed by atoms with Crippen LogP contribution in [0.15, 0.2) is 18.2 Å². The van der Waals surface area contributed by atoms with E-state index in [1.54, 1.807) is 12.1 Å². The average molecular weight is 340 g/mol. The van der Waals surface area contributed by atoms with Crippen LogP contribution in [0.4, 0.5) is 5.69 Å². The largest absolute Gasteiger partial charge is 0.490 e. The molecule has 2 aliphatic heterocycles. The number of aliphatic hydroxyl groups is 1. The smallest absolute Gasteiger partial charge is 0.254 e. The van der Waals surface area contributed by atoms with E-state index in [2.05, 4.69) is 0 Å².